The Kier molecular flexibility index (Phi) is 2.33. The van der Waals surface area contributed by atoms with Gasteiger partial charge in [0.25, 0.3) is 0 Å². The van der Waals surface area contributed by atoms with Crippen molar-refractivity contribution in [2.75, 3.05) is 0 Å². The van der Waals surface area contributed by atoms with E-state index >= 15 is 0 Å². The van der Waals surface area contributed by atoms with Gasteiger partial charge in [-0.25, -0.2) is 9.97 Å². The maximum atomic E-state index is 10.9. The normalized spacial score (nSPS) is 10.3. The van der Waals surface area contributed by atoms with Gasteiger partial charge in [0.1, 0.15) is 11.5 Å². The van der Waals surface area contributed by atoms with Crippen molar-refractivity contribution < 1.29 is 9.21 Å². The van der Waals surface area contributed by atoms with Crippen molar-refractivity contribution in [1.82, 2.24) is 9.97 Å². The minimum atomic E-state index is -0.142. The molecule has 0 aromatic carbocycles. The molecule has 76 valence electrons. The van der Waals surface area contributed by atoms with Crippen molar-refractivity contribution in [3.63, 3.8) is 0 Å². The summed E-state index contributed by atoms with van der Waals surface area (Å²) in [5.41, 5.74) is 0.771. The number of carbonyl (C=O) groups is 1. The Balaban J connectivity index is 2.35. The molecule has 0 aliphatic carbocycles. The second-order valence-corrected chi connectivity index (χ2v) is 3.26. The first kappa shape index (κ1) is 9.58. The number of furan rings is 1. The molecule has 0 saturated heterocycles. The summed E-state index contributed by atoms with van der Waals surface area (Å²) in [5, 5.41) is 0. The van der Waals surface area contributed by atoms with E-state index in [-0.39, 0.29) is 11.6 Å². The van der Waals surface area contributed by atoms with Crippen LogP contribution in [0, 0.1) is 6.92 Å². The Morgan fingerprint density at radius 2 is 1.93 bits per heavy atom. The molecule has 0 amide bonds. The second-order valence-electron chi connectivity index (χ2n) is 3.26. The molecule has 4 nitrogen and oxygen atoms in total. The van der Waals surface area contributed by atoms with Gasteiger partial charge in [-0.05, 0) is 19.1 Å². The lowest BCUT2D eigenvalue weighted by molar-refractivity contribution is 0.100. The van der Waals surface area contributed by atoms with Crippen LogP contribution in [0.3, 0.4) is 0 Å². The molecule has 0 saturated carbocycles. The van der Waals surface area contributed by atoms with Crippen LogP contribution in [0.15, 0.2) is 28.9 Å². The van der Waals surface area contributed by atoms with Gasteiger partial charge in [-0.2, -0.15) is 0 Å². The van der Waals surface area contributed by atoms with Crippen LogP contribution >= 0.6 is 0 Å². The Morgan fingerprint density at radius 1 is 1.27 bits per heavy atom. The molecule has 15 heavy (non-hydrogen) atoms. The predicted molar refractivity (Wildman–Crippen MR) is 54.5 cm³/mol. The fourth-order valence-electron chi connectivity index (χ4n) is 1.23. The van der Waals surface area contributed by atoms with Gasteiger partial charge in [0.2, 0.25) is 0 Å². The Morgan fingerprint density at radius 3 is 2.40 bits per heavy atom. The number of aromatic nitrogens is 2. The summed E-state index contributed by atoms with van der Waals surface area (Å²) in [4.78, 5) is 18.8. The summed E-state index contributed by atoms with van der Waals surface area (Å²) in [6.07, 6.45) is 3.17. The maximum absolute atomic E-state index is 10.9. The third-order valence-electron chi connectivity index (χ3n) is 1.99. The van der Waals surface area contributed by atoms with Gasteiger partial charge in [-0.15, -0.1) is 0 Å². The second kappa shape index (κ2) is 3.65. The highest BCUT2D eigenvalue weighted by Crippen LogP contribution is 2.19. The van der Waals surface area contributed by atoms with E-state index in [2.05, 4.69) is 9.97 Å². The van der Waals surface area contributed by atoms with E-state index in [1.807, 2.05) is 19.1 Å². The molecule has 0 atom stereocenters. The highest BCUT2D eigenvalue weighted by atomic mass is 16.3. The number of Topliss-reactive ketones (excluding diaryl/α,β-unsaturated/α-hetero) is 1. The van der Waals surface area contributed by atoms with E-state index in [4.69, 9.17) is 4.42 Å². The highest BCUT2D eigenvalue weighted by Gasteiger charge is 2.06. The fourth-order valence-corrected chi connectivity index (χ4v) is 1.23. The van der Waals surface area contributed by atoms with Gasteiger partial charge in [-0.3, -0.25) is 4.79 Å². The number of aryl methyl sites for hydroxylation is 1. The molecule has 0 radical (unpaired) electrons. The minimum Gasteiger partial charge on any atom is -0.461 e. The van der Waals surface area contributed by atoms with Crippen LogP contribution in [-0.4, -0.2) is 15.8 Å². The first-order valence-corrected chi connectivity index (χ1v) is 4.56. The number of hydrogen-bond acceptors (Lipinski definition) is 4. The SMILES string of the molecule is CC(=O)c1ncc(-c2ccc(C)o2)cn1. The molecule has 2 aromatic rings. The van der Waals surface area contributed by atoms with E-state index in [1.54, 1.807) is 12.4 Å². The summed E-state index contributed by atoms with van der Waals surface area (Å²) in [6, 6.07) is 3.72. The van der Waals surface area contributed by atoms with E-state index in [1.165, 1.54) is 6.92 Å². The van der Waals surface area contributed by atoms with Crippen LogP contribution in [0.5, 0.6) is 0 Å². The molecule has 4 heteroatoms. The molecule has 0 aliphatic rings. The lowest BCUT2D eigenvalue weighted by Crippen LogP contribution is -1.99. The quantitative estimate of drug-likeness (QED) is 0.701. The van der Waals surface area contributed by atoms with Crippen LogP contribution in [0.4, 0.5) is 0 Å². The van der Waals surface area contributed by atoms with Crippen LogP contribution in [0.1, 0.15) is 23.3 Å². The molecule has 2 aromatic heterocycles. The van der Waals surface area contributed by atoms with Crippen LogP contribution in [-0.2, 0) is 0 Å². The molecule has 2 heterocycles. The summed E-state index contributed by atoms with van der Waals surface area (Å²) in [6.45, 7) is 3.31. The number of ketones is 1. The number of nitrogens with zero attached hydrogens (tertiary/aromatic N) is 2. The van der Waals surface area contributed by atoms with Crippen molar-refractivity contribution in [2.45, 2.75) is 13.8 Å². The van der Waals surface area contributed by atoms with Gasteiger partial charge in [0, 0.05) is 19.3 Å². The summed E-state index contributed by atoms with van der Waals surface area (Å²) in [7, 11) is 0. The van der Waals surface area contributed by atoms with Crippen LogP contribution in [0.25, 0.3) is 11.3 Å². The Bertz CT molecular complexity index is 486. The lowest BCUT2D eigenvalue weighted by atomic mass is 10.2. The number of hydrogen-bond donors (Lipinski definition) is 0. The standard InChI is InChI=1S/C11H10N2O2/c1-7-3-4-10(15-7)9-5-12-11(8(2)14)13-6-9/h3-6H,1-2H3. The van der Waals surface area contributed by atoms with Crippen molar-refractivity contribution >= 4 is 5.78 Å². The molecular weight excluding hydrogens is 192 g/mol. The smallest absolute Gasteiger partial charge is 0.196 e. The summed E-state index contributed by atoms with van der Waals surface area (Å²) >= 11 is 0. The van der Waals surface area contributed by atoms with Gasteiger partial charge in [0.05, 0.1) is 5.56 Å². The Hall–Kier alpha value is -1.97. The fraction of sp³-hybridized carbons (Fsp3) is 0.182. The zero-order valence-corrected chi connectivity index (χ0v) is 8.52. The summed E-state index contributed by atoms with van der Waals surface area (Å²) < 4.78 is 5.40. The molecule has 0 bridgehead atoms. The van der Waals surface area contributed by atoms with Crippen molar-refractivity contribution in [2.24, 2.45) is 0 Å². The van der Waals surface area contributed by atoms with E-state index in [0.29, 0.717) is 5.76 Å². The number of carbonyl (C=O) groups excluding carboxylic acids is 1. The molecular formula is C11H10N2O2. The highest BCUT2D eigenvalue weighted by molar-refractivity contribution is 5.90. The van der Waals surface area contributed by atoms with Crippen LogP contribution < -0.4 is 0 Å². The third kappa shape index (κ3) is 1.93. The van der Waals surface area contributed by atoms with E-state index in [9.17, 15) is 4.79 Å². The van der Waals surface area contributed by atoms with Crippen molar-refractivity contribution in [3.8, 4) is 11.3 Å². The van der Waals surface area contributed by atoms with Gasteiger partial charge < -0.3 is 4.42 Å². The zero-order chi connectivity index (χ0) is 10.8. The monoisotopic (exact) mass is 202 g/mol. The lowest BCUT2D eigenvalue weighted by Gasteiger charge is -1.96. The maximum Gasteiger partial charge on any atom is 0.196 e. The van der Waals surface area contributed by atoms with Crippen LogP contribution in [0.2, 0.25) is 0 Å². The molecule has 0 unspecified atom stereocenters. The molecule has 0 aliphatic heterocycles. The Labute approximate surface area is 87.0 Å². The topological polar surface area (TPSA) is 56.0 Å². The summed E-state index contributed by atoms with van der Waals surface area (Å²) in [5.74, 6) is 1.63. The molecule has 0 fully saturated rings. The zero-order valence-electron chi connectivity index (χ0n) is 8.52. The third-order valence-corrected chi connectivity index (χ3v) is 1.99. The van der Waals surface area contributed by atoms with E-state index < -0.39 is 0 Å². The molecule has 2 rings (SSSR count). The van der Waals surface area contributed by atoms with Gasteiger partial charge >= 0.3 is 0 Å². The van der Waals surface area contributed by atoms with Gasteiger partial charge in [-0.1, -0.05) is 0 Å². The average molecular weight is 202 g/mol. The first-order valence-electron chi connectivity index (χ1n) is 4.56. The largest absolute Gasteiger partial charge is 0.461 e. The number of rotatable bonds is 2. The predicted octanol–water partition coefficient (Wildman–Crippen LogP) is 2.25. The van der Waals surface area contributed by atoms with Gasteiger partial charge in [0.15, 0.2) is 11.6 Å². The molecule has 0 spiro atoms. The van der Waals surface area contributed by atoms with Crippen molar-refractivity contribution in [3.05, 3.63) is 36.1 Å². The minimum absolute atomic E-state index is 0.142. The molecule has 0 N–H and O–H groups in total. The van der Waals surface area contributed by atoms with E-state index in [0.717, 1.165) is 11.3 Å². The average Bonchev–Trinajstić information content (AvgIpc) is 2.65. The first-order chi connectivity index (χ1) is 7.16. The van der Waals surface area contributed by atoms with Crippen molar-refractivity contribution in [1.29, 1.82) is 0 Å².